The Kier molecular flexibility index (Phi) is 22.3. The summed E-state index contributed by atoms with van der Waals surface area (Å²) in [5, 5.41) is 16.7. The Hall–Kier alpha value is -5.15. The molecule has 0 aliphatic carbocycles. The number of aldehydes is 1. The zero-order chi connectivity index (χ0) is 57.9. The van der Waals surface area contributed by atoms with Crippen molar-refractivity contribution in [2.24, 2.45) is 0 Å². The highest BCUT2D eigenvalue weighted by Gasteiger charge is 2.35. The number of carbonyl (C=O) groups excluding carboxylic acids is 1. The van der Waals surface area contributed by atoms with Gasteiger partial charge in [0.2, 0.25) is 0 Å². The zero-order valence-electron chi connectivity index (χ0n) is 50.4. The Balaban J connectivity index is 0.000000336. The summed E-state index contributed by atoms with van der Waals surface area (Å²) in [4.78, 5) is 12.4. The molecule has 0 aliphatic heterocycles. The number of carbonyl (C=O) groups is 1. The summed E-state index contributed by atoms with van der Waals surface area (Å²) in [7, 11) is 4.01. The van der Waals surface area contributed by atoms with Crippen LogP contribution in [-0.4, -0.2) is 67.0 Å². The second-order valence-electron chi connectivity index (χ2n) is 24.0. The van der Waals surface area contributed by atoms with E-state index in [4.69, 9.17) is 37.9 Å². The highest BCUT2D eigenvalue weighted by Crippen LogP contribution is 2.49. The number of benzene rings is 6. The maximum Gasteiger partial charge on any atom is 0.188 e. The minimum absolute atomic E-state index is 0. The third-order valence-electron chi connectivity index (χ3n) is 13.0. The summed E-state index contributed by atoms with van der Waals surface area (Å²) in [6, 6.07) is 33.6. The molecule has 0 spiro atoms. The van der Waals surface area contributed by atoms with Crippen LogP contribution in [0.1, 0.15) is 145 Å². The molecule has 1 N–H and O–H groups in total. The van der Waals surface area contributed by atoms with Crippen molar-refractivity contribution in [3.63, 3.8) is 0 Å². The van der Waals surface area contributed by atoms with Gasteiger partial charge in [-0.1, -0.05) is 156 Å². The Labute approximate surface area is 471 Å². The second kappa shape index (κ2) is 27.3. The number of ether oxygens (including phenoxy) is 8. The van der Waals surface area contributed by atoms with E-state index < -0.39 is 15.8 Å². The highest BCUT2D eigenvalue weighted by molar-refractivity contribution is 7.80. The van der Waals surface area contributed by atoms with Crippen molar-refractivity contribution in [1.82, 2.24) is 0 Å². The summed E-state index contributed by atoms with van der Waals surface area (Å²) in [5.74, 6) is 3.23. The van der Waals surface area contributed by atoms with Gasteiger partial charge in [-0.05, 0) is 128 Å². The molecular formula is C66H90O10P2. The van der Waals surface area contributed by atoms with Gasteiger partial charge in [-0.25, -0.2) is 0 Å². The maximum atomic E-state index is 12.4. The van der Waals surface area contributed by atoms with Crippen molar-refractivity contribution >= 4 is 54.0 Å². The smallest absolute Gasteiger partial charge is 0.188 e. The predicted octanol–water partition coefficient (Wildman–Crippen LogP) is 12.8. The molecule has 0 aromatic heterocycles. The molecule has 0 bridgehead atoms. The van der Waals surface area contributed by atoms with Gasteiger partial charge in [-0.15, -0.1) is 0 Å². The first-order valence-corrected chi connectivity index (χ1v) is 29.3. The van der Waals surface area contributed by atoms with Gasteiger partial charge in [0.1, 0.15) is 23.0 Å². The largest absolute Gasteiger partial charge is 0.467 e. The Morgan fingerprint density at radius 1 is 0.410 bits per heavy atom. The number of aliphatic hydroxyl groups is 1. The van der Waals surface area contributed by atoms with Crippen molar-refractivity contribution in [3.05, 3.63) is 153 Å². The summed E-state index contributed by atoms with van der Waals surface area (Å²) in [5.41, 5.74) is 9.79. The molecule has 0 radical (unpaired) electrons. The van der Waals surface area contributed by atoms with Crippen LogP contribution in [0, 0.1) is 27.7 Å². The van der Waals surface area contributed by atoms with Crippen LogP contribution in [0.5, 0.6) is 23.0 Å². The number of aryl methyl sites for hydroxylation is 4. The molecule has 424 valence electrons. The van der Waals surface area contributed by atoms with E-state index in [1.807, 2.05) is 42.5 Å². The molecule has 78 heavy (non-hydrogen) atoms. The lowest BCUT2D eigenvalue weighted by Crippen LogP contribution is -2.30. The number of hydrogen-bond donors (Lipinski definition) is 1. The molecule has 0 aliphatic rings. The maximum absolute atomic E-state index is 12.4. The summed E-state index contributed by atoms with van der Waals surface area (Å²) in [6.45, 7) is 35.2. The van der Waals surface area contributed by atoms with E-state index >= 15 is 0 Å². The van der Waals surface area contributed by atoms with Crippen molar-refractivity contribution < 1.29 is 49.2 Å². The van der Waals surface area contributed by atoms with E-state index in [1.165, 1.54) is 0 Å². The van der Waals surface area contributed by atoms with E-state index in [1.54, 1.807) is 28.4 Å². The van der Waals surface area contributed by atoms with Gasteiger partial charge in [0, 0.05) is 78.9 Å². The van der Waals surface area contributed by atoms with Gasteiger partial charge in [-0.3, -0.25) is 4.79 Å². The molecule has 0 fully saturated rings. The minimum Gasteiger partial charge on any atom is -0.467 e. The van der Waals surface area contributed by atoms with Crippen molar-refractivity contribution in [2.75, 3.05) is 55.6 Å². The fraction of sp³-hybridized carbons (Fsp3) is 0.439. The standard InChI is InChI=1S/C33H45O5P.C33H43O5P.H2/c2*1-22-15-25(32(3,4)5)30(37-20-35-9)28(17-22)39(27-14-12-11-13-24(27)19-34)29-18-23(2)16-26(33(6,7)8)31(29)38-21-36-10;/h11-18,34H,19-21H2,1-10H3;11-19H,20-21H2,1-10H3;1H/i;;1+1. The normalized spacial score (nSPS) is 12.1. The first-order valence-electron chi connectivity index (χ1n) is 26.6. The van der Waals surface area contributed by atoms with Gasteiger partial charge < -0.3 is 43.0 Å². The van der Waals surface area contributed by atoms with Gasteiger partial charge in [0.15, 0.2) is 33.5 Å². The van der Waals surface area contributed by atoms with Gasteiger partial charge >= 0.3 is 0 Å². The molecule has 6 aromatic carbocycles. The van der Waals surface area contributed by atoms with E-state index in [9.17, 15) is 9.90 Å². The molecule has 0 unspecified atom stereocenters. The van der Waals surface area contributed by atoms with E-state index in [-0.39, 0.29) is 56.9 Å². The lowest BCUT2D eigenvalue weighted by Gasteiger charge is -2.32. The molecule has 0 saturated carbocycles. The molecular weight excluding hydrogens is 1010 g/mol. The first-order chi connectivity index (χ1) is 36.7. The summed E-state index contributed by atoms with van der Waals surface area (Å²) in [6.07, 6.45) is 0.941. The number of aliphatic hydroxyl groups excluding tert-OH is 1. The van der Waals surface area contributed by atoms with Crippen LogP contribution in [0.2, 0.25) is 0 Å². The van der Waals surface area contributed by atoms with E-state index in [0.717, 1.165) is 111 Å². The number of hydrogen-bond acceptors (Lipinski definition) is 10. The first kappa shape index (κ1) is 63.7. The monoisotopic (exact) mass is 1110 g/mol. The second-order valence-corrected chi connectivity index (χ2v) is 28.2. The van der Waals surface area contributed by atoms with Crippen LogP contribution in [0.15, 0.2) is 97.1 Å². The molecule has 6 rings (SSSR count). The Morgan fingerprint density at radius 3 is 0.949 bits per heavy atom. The third kappa shape index (κ3) is 15.6. The third-order valence-corrected chi connectivity index (χ3v) is 18.1. The van der Waals surface area contributed by atoms with Crippen LogP contribution in [0.4, 0.5) is 0 Å². The molecule has 12 heteroatoms. The van der Waals surface area contributed by atoms with Gasteiger partial charge in [-0.2, -0.15) is 0 Å². The highest BCUT2D eigenvalue weighted by atomic mass is 31.1. The average Bonchev–Trinajstić information content (AvgIpc) is 3.37. The SMILES string of the molecule is COCOc1c(P(c2ccccc2C=O)c2cc(C)cc(C(C)(C)C)c2OCOC)cc(C)cc1C(C)(C)C.COCOc1c(P(c2ccccc2CO)c2cc(C)cc(C(C)(C)C)c2OCOC)cc(C)cc1C(C)(C)C.[2HH]. The average molecular weight is 1110 g/mol. The molecule has 0 amide bonds. The molecule has 10 nitrogen and oxygen atoms in total. The van der Waals surface area contributed by atoms with E-state index in [2.05, 4.69) is 165 Å². The number of methoxy groups -OCH3 is 4. The van der Waals surface area contributed by atoms with Crippen molar-refractivity contribution in [1.29, 1.82) is 0 Å². The van der Waals surface area contributed by atoms with Crippen LogP contribution < -0.4 is 50.8 Å². The Morgan fingerprint density at radius 2 is 0.679 bits per heavy atom. The van der Waals surface area contributed by atoms with Crippen LogP contribution in [0.25, 0.3) is 0 Å². The topological polar surface area (TPSA) is 111 Å². The zero-order valence-corrected chi connectivity index (χ0v) is 52.2. The van der Waals surface area contributed by atoms with Gasteiger partial charge in [0.05, 0.1) is 6.61 Å². The fourth-order valence-electron chi connectivity index (χ4n) is 9.42. The summed E-state index contributed by atoms with van der Waals surface area (Å²) >= 11 is 0. The lowest BCUT2D eigenvalue weighted by molar-refractivity contribution is 0.0502. The van der Waals surface area contributed by atoms with Crippen LogP contribution in [-0.2, 0) is 47.2 Å². The van der Waals surface area contributed by atoms with Crippen LogP contribution in [0.3, 0.4) is 0 Å². The fourth-order valence-corrected chi connectivity index (χ4v) is 15.1. The predicted molar refractivity (Wildman–Crippen MR) is 327 cm³/mol. The Bertz CT molecular complexity index is 2830. The minimum atomic E-state index is -1.30. The van der Waals surface area contributed by atoms with Crippen LogP contribution >= 0.6 is 15.8 Å². The molecule has 6 aromatic rings. The quantitative estimate of drug-likeness (QED) is 0.0451. The molecule has 0 atom stereocenters. The number of rotatable bonds is 20. The molecule has 0 heterocycles. The lowest BCUT2D eigenvalue weighted by atomic mass is 9.85. The van der Waals surface area contributed by atoms with Crippen molar-refractivity contribution in [3.8, 4) is 23.0 Å². The summed E-state index contributed by atoms with van der Waals surface area (Å²) < 4.78 is 47.2. The van der Waals surface area contributed by atoms with E-state index in [0.29, 0.717) is 5.56 Å². The molecule has 0 saturated heterocycles. The van der Waals surface area contributed by atoms with Crippen molar-refractivity contribution in [2.45, 2.75) is 139 Å². The van der Waals surface area contributed by atoms with Gasteiger partial charge in [0.25, 0.3) is 0 Å².